The molecule has 0 aliphatic heterocycles. The molecule has 0 saturated carbocycles. The number of carboxylic acids is 2. The van der Waals surface area contributed by atoms with E-state index in [1.165, 1.54) is 6.07 Å². The van der Waals surface area contributed by atoms with E-state index in [1.54, 1.807) is 18.2 Å². The number of nitro benzene ring substituents is 1. The van der Waals surface area contributed by atoms with Gasteiger partial charge in [-0.05, 0) is 30.7 Å². The van der Waals surface area contributed by atoms with Gasteiger partial charge in [0, 0.05) is 28.3 Å². The fourth-order valence-corrected chi connectivity index (χ4v) is 2.04. The van der Waals surface area contributed by atoms with Gasteiger partial charge in [0.25, 0.3) is 5.69 Å². The first kappa shape index (κ1) is 20.1. The van der Waals surface area contributed by atoms with Crippen LogP contribution in [0.15, 0.2) is 46.9 Å². The second-order valence-electron chi connectivity index (χ2n) is 4.81. The van der Waals surface area contributed by atoms with E-state index in [4.69, 9.17) is 19.8 Å². The van der Waals surface area contributed by atoms with Crippen LogP contribution in [0.25, 0.3) is 0 Å². The summed E-state index contributed by atoms with van der Waals surface area (Å²) in [7, 11) is 0. The van der Waals surface area contributed by atoms with Crippen LogP contribution < -0.4 is 5.32 Å². The maximum Gasteiger partial charge on any atom is 0.414 e. The number of para-hydroxylation sites is 1. The van der Waals surface area contributed by atoms with Gasteiger partial charge in [0.05, 0.1) is 4.92 Å². The summed E-state index contributed by atoms with van der Waals surface area (Å²) < 4.78 is 1.05. The molecule has 0 radical (unpaired) electrons. The van der Waals surface area contributed by atoms with Crippen LogP contribution >= 0.6 is 15.9 Å². The molecule has 25 heavy (non-hydrogen) atoms. The van der Waals surface area contributed by atoms with Crippen molar-refractivity contribution in [2.24, 2.45) is 0 Å². The van der Waals surface area contributed by atoms with Crippen molar-refractivity contribution in [1.29, 1.82) is 0 Å². The zero-order valence-electron chi connectivity index (χ0n) is 13.1. The van der Waals surface area contributed by atoms with Crippen molar-refractivity contribution in [2.45, 2.75) is 13.5 Å². The van der Waals surface area contributed by atoms with Crippen molar-refractivity contribution in [2.75, 3.05) is 5.32 Å². The minimum atomic E-state index is -1.82. The lowest BCUT2D eigenvalue weighted by molar-refractivity contribution is -0.385. The zero-order chi connectivity index (χ0) is 19.0. The molecule has 0 bridgehead atoms. The van der Waals surface area contributed by atoms with E-state index < -0.39 is 11.9 Å². The molecule has 0 amide bonds. The number of carboxylic acid groups (broad SMARTS) is 2. The van der Waals surface area contributed by atoms with Gasteiger partial charge in [-0.3, -0.25) is 10.1 Å². The topological polar surface area (TPSA) is 130 Å². The fourth-order valence-electron chi connectivity index (χ4n) is 1.79. The highest BCUT2D eigenvalue weighted by Gasteiger charge is 2.11. The molecular weight excluding hydrogens is 396 g/mol. The number of hydrogen-bond acceptors (Lipinski definition) is 5. The van der Waals surface area contributed by atoms with Gasteiger partial charge >= 0.3 is 11.9 Å². The van der Waals surface area contributed by atoms with Crippen LogP contribution in [0.5, 0.6) is 0 Å². The number of rotatable bonds is 4. The van der Waals surface area contributed by atoms with Gasteiger partial charge in [0.1, 0.15) is 0 Å². The van der Waals surface area contributed by atoms with E-state index in [9.17, 15) is 10.1 Å². The number of benzene rings is 2. The van der Waals surface area contributed by atoms with Crippen LogP contribution in [0.4, 0.5) is 11.4 Å². The van der Waals surface area contributed by atoms with E-state index in [0.29, 0.717) is 12.1 Å². The summed E-state index contributed by atoms with van der Waals surface area (Å²) in [5, 5.41) is 28.9. The first-order valence-electron chi connectivity index (χ1n) is 6.91. The maximum absolute atomic E-state index is 10.9. The highest BCUT2D eigenvalue weighted by Crippen LogP contribution is 2.22. The highest BCUT2D eigenvalue weighted by molar-refractivity contribution is 9.10. The molecule has 0 atom stereocenters. The van der Waals surface area contributed by atoms with Gasteiger partial charge < -0.3 is 15.5 Å². The normalized spacial score (nSPS) is 9.52. The third kappa shape index (κ3) is 6.60. The average Bonchev–Trinajstić information content (AvgIpc) is 2.56. The quantitative estimate of drug-likeness (QED) is 0.399. The molecule has 0 unspecified atom stereocenters. The van der Waals surface area contributed by atoms with E-state index in [2.05, 4.69) is 21.2 Å². The Morgan fingerprint density at radius 3 is 2.28 bits per heavy atom. The van der Waals surface area contributed by atoms with E-state index in [0.717, 1.165) is 15.7 Å². The number of halogens is 1. The average molecular weight is 411 g/mol. The Bertz CT molecular complexity index is 782. The molecule has 3 N–H and O–H groups in total. The lowest BCUT2D eigenvalue weighted by atomic mass is 10.1. The molecule has 2 aromatic rings. The predicted octanol–water partition coefficient (Wildman–Crippen LogP) is 3.43. The summed E-state index contributed by atoms with van der Waals surface area (Å²) in [6.45, 7) is 2.43. The van der Waals surface area contributed by atoms with Crippen molar-refractivity contribution >= 4 is 39.2 Å². The van der Waals surface area contributed by atoms with Crippen LogP contribution in [-0.4, -0.2) is 27.1 Å². The van der Waals surface area contributed by atoms with Crippen LogP contribution in [-0.2, 0) is 16.1 Å². The molecule has 0 spiro atoms. The van der Waals surface area contributed by atoms with Gasteiger partial charge in [-0.1, -0.05) is 34.1 Å². The summed E-state index contributed by atoms with van der Waals surface area (Å²) >= 11 is 3.44. The Kier molecular flexibility index (Phi) is 7.54. The first-order chi connectivity index (χ1) is 11.7. The molecule has 2 aromatic carbocycles. The number of aliphatic carboxylic acids is 2. The van der Waals surface area contributed by atoms with Gasteiger partial charge in [-0.15, -0.1) is 0 Å². The van der Waals surface area contributed by atoms with Gasteiger partial charge in [0.2, 0.25) is 0 Å². The number of nitro groups is 1. The minimum absolute atomic E-state index is 0.142. The first-order valence-corrected chi connectivity index (χ1v) is 7.70. The Morgan fingerprint density at radius 2 is 1.76 bits per heavy atom. The Balaban J connectivity index is 0.000000450. The summed E-state index contributed by atoms with van der Waals surface area (Å²) in [5.41, 5.74) is 2.88. The van der Waals surface area contributed by atoms with Crippen LogP contribution in [0.3, 0.4) is 0 Å². The largest absolute Gasteiger partial charge is 0.473 e. The van der Waals surface area contributed by atoms with Crippen molar-refractivity contribution in [3.63, 3.8) is 0 Å². The van der Waals surface area contributed by atoms with Gasteiger partial charge in [-0.25, -0.2) is 9.59 Å². The van der Waals surface area contributed by atoms with Crippen molar-refractivity contribution in [1.82, 2.24) is 0 Å². The smallest absolute Gasteiger partial charge is 0.414 e. The van der Waals surface area contributed by atoms with Crippen molar-refractivity contribution in [3.8, 4) is 0 Å². The van der Waals surface area contributed by atoms with Gasteiger partial charge in [-0.2, -0.15) is 0 Å². The second-order valence-corrected chi connectivity index (χ2v) is 5.67. The van der Waals surface area contributed by atoms with Crippen molar-refractivity contribution < 1.29 is 24.7 Å². The predicted molar refractivity (Wildman–Crippen MR) is 94.6 cm³/mol. The molecule has 0 aliphatic carbocycles. The highest BCUT2D eigenvalue weighted by atomic mass is 79.9. The monoisotopic (exact) mass is 410 g/mol. The number of anilines is 1. The number of nitrogens with one attached hydrogen (secondary N) is 1. The molecule has 2 rings (SSSR count). The third-order valence-corrected chi connectivity index (χ3v) is 3.90. The molecule has 0 heterocycles. The SMILES string of the molecule is Cc1cc(NCc2ccccc2[N+](=O)[O-])ccc1Br.O=C(O)C(=O)O. The molecular formula is C16H15BrN2O6. The molecule has 0 aromatic heterocycles. The van der Waals surface area contributed by atoms with E-state index in [-0.39, 0.29) is 10.6 Å². The van der Waals surface area contributed by atoms with Gasteiger partial charge in [0.15, 0.2) is 0 Å². The summed E-state index contributed by atoms with van der Waals surface area (Å²) in [6.07, 6.45) is 0. The van der Waals surface area contributed by atoms with Crippen LogP contribution in [0, 0.1) is 17.0 Å². The number of aryl methyl sites for hydroxylation is 1. The van der Waals surface area contributed by atoms with E-state index >= 15 is 0 Å². The molecule has 132 valence electrons. The second kappa shape index (κ2) is 9.38. The van der Waals surface area contributed by atoms with Crippen LogP contribution in [0.2, 0.25) is 0 Å². The molecule has 8 nitrogen and oxygen atoms in total. The zero-order valence-corrected chi connectivity index (χ0v) is 14.7. The number of hydrogen-bond donors (Lipinski definition) is 3. The van der Waals surface area contributed by atoms with Crippen molar-refractivity contribution in [3.05, 3.63) is 68.2 Å². The van der Waals surface area contributed by atoms with Crippen LogP contribution in [0.1, 0.15) is 11.1 Å². The lowest BCUT2D eigenvalue weighted by Crippen LogP contribution is -2.09. The Labute approximate surface area is 151 Å². The standard InChI is InChI=1S/C14H13BrN2O2.C2H2O4/c1-10-8-12(6-7-13(10)15)16-9-11-4-2-3-5-14(11)17(18)19;3-1(4)2(5)6/h2-8,16H,9H2,1H3;(H,3,4)(H,5,6). The molecule has 0 fully saturated rings. The Morgan fingerprint density at radius 1 is 1.16 bits per heavy atom. The van der Waals surface area contributed by atoms with E-state index in [1.807, 2.05) is 25.1 Å². The molecule has 0 saturated heterocycles. The Hall–Kier alpha value is -2.94. The number of nitrogens with zero attached hydrogens (tertiary/aromatic N) is 1. The summed E-state index contributed by atoms with van der Waals surface area (Å²) in [4.78, 5) is 28.7. The number of carbonyl (C=O) groups is 2. The molecule has 0 aliphatic rings. The lowest BCUT2D eigenvalue weighted by Gasteiger charge is -2.08. The fraction of sp³-hybridized carbons (Fsp3) is 0.125. The third-order valence-electron chi connectivity index (χ3n) is 3.01. The summed E-state index contributed by atoms with van der Waals surface area (Å²) in [6, 6.07) is 12.6. The summed E-state index contributed by atoms with van der Waals surface area (Å²) in [5.74, 6) is -3.65. The molecule has 9 heteroatoms. The minimum Gasteiger partial charge on any atom is -0.473 e. The maximum atomic E-state index is 10.9.